The Morgan fingerprint density at radius 1 is 1.17 bits per heavy atom. The molecule has 24 heavy (non-hydrogen) atoms. The van der Waals surface area contributed by atoms with Crippen LogP contribution in [0.2, 0.25) is 5.02 Å². The number of rotatable bonds is 3. The number of carbonyl (C=O) groups excluding carboxylic acids is 1. The van der Waals surface area contributed by atoms with Crippen LogP contribution < -0.4 is 10.2 Å². The quantitative estimate of drug-likeness (QED) is 0.930. The number of benzene rings is 1. The summed E-state index contributed by atoms with van der Waals surface area (Å²) in [6.45, 7) is 5.54. The van der Waals surface area contributed by atoms with Crippen molar-refractivity contribution in [3.8, 4) is 0 Å². The average molecular weight is 345 g/mol. The van der Waals surface area contributed by atoms with E-state index in [1.54, 1.807) is 12.4 Å². The zero-order valence-electron chi connectivity index (χ0n) is 13.7. The van der Waals surface area contributed by atoms with E-state index in [0.717, 1.165) is 34.9 Å². The number of hydrogen-bond donors (Lipinski definition) is 1. The second kappa shape index (κ2) is 7.53. The first-order chi connectivity index (χ1) is 11.6. The van der Waals surface area contributed by atoms with E-state index >= 15 is 0 Å². The van der Waals surface area contributed by atoms with Gasteiger partial charge in [-0.1, -0.05) is 17.7 Å². The highest BCUT2D eigenvalue weighted by atomic mass is 35.5. The van der Waals surface area contributed by atoms with Crippen molar-refractivity contribution in [2.75, 3.05) is 31.1 Å². The van der Waals surface area contributed by atoms with Gasteiger partial charge in [0.1, 0.15) is 0 Å². The number of anilines is 1. The molecule has 0 spiro atoms. The first-order valence-electron chi connectivity index (χ1n) is 8.06. The molecule has 1 saturated heterocycles. The molecule has 1 aliphatic heterocycles. The fourth-order valence-electron chi connectivity index (χ4n) is 2.74. The van der Waals surface area contributed by atoms with Crippen LogP contribution in [0.1, 0.15) is 11.1 Å². The Morgan fingerprint density at radius 2 is 1.88 bits per heavy atom. The van der Waals surface area contributed by atoms with Crippen molar-refractivity contribution in [1.29, 1.82) is 0 Å². The van der Waals surface area contributed by atoms with Crippen LogP contribution in [0.5, 0.6) is 0 Å². The number of carbonyl (C=O) groups is 1. The van der Waals surface area contributed by atoms with Gasteiger partial charge < -0.3 is 15.1 Å². The van der Waals surface area contributed by atoms with Crippen LogP contribution >= 0.6 is 11.6 Å². The lowest BCUT2D eigenvalue weighted by Gasteiger charge is -2.36. The molecule has 0 atom stereocenters. The molecule has 1 aliphatic rings. The molecule has 2 amide bonds. The van der Waals surface area contributed by atoms with E-state index < -0.39 is 0 Å². The number of amides is 2. The summed E-state index contributed by atoms with van der Waals surface area (Å²) in [5.74, 6) is 0. The summed E-state index contributed by atoms with van der Waals surface area (Å²) >= 11 is 6.21. The Balaban J connectivity index is 1.51. The number of pyridine rings is 1. The topological polar surface area (TPSA) is 48.5 Å². The van der Waals surface area contributed by atoms with Crippen LogP contribution in [0, 0.1) is 6.92 Å². The predicted octanol–water partition coefficient (Wildman–Crippen LogP) is 3.08. The summed E-state index contributed by atoms with van der Waals surface area (Å²) in [6.07, 6.45) is 3.46. The fourth-order valence-corrected chi connectivity index (χ4v) is 2.91. The van der Waals surface area contributed by atoms with Crippen LogP contribution in [-0.4, -0.2) is 42.1 Å². The molecule has 1 aromatic carbocycles. The number of hydrogen-bond acceptors (Lipinski definition) is 3. The van der Waals surface area contributed by atoms with E-state index in [9.17, 15) is 4.79 Å². The van der Waals surface area contributed by atoms with E-state index in [1.807, 2.05) is 36.1 Å². The molecule has 0 radical (unpaired) electrons. The van der Waals surface area contributed by atoms with Crippen molar-refractivity contribution in [3.05, 3.63) is 58.9 Å². The lowest BCUT2D eigenvalue weighted by Crippen LogP contribution is -2.51. The third kappa shape index (κ3) is 3.97. The average Bonchev–Trinajstić information content (AvgIpc) is 2.63. The molecule has 0 bridgehead atoms. The second-order valence-electron chi connectivity index (χ2n) is 5.92. The largest absolute Gasteiger partial charge is 0.368 e. The van der Waals surface area contributed by atoms with Gasteiger partial charge in [0, 0.05) is 55.8 Å². The summed E-state index contributed by atoms with van der Waals surface area (Å²) < 4.78 is 0. The van der Waals surface area contributed by atoms with E-state index in [0.29, 0.717) is 19.6 Å². The third-order valence-corrected chi connectivity index (χ3v) is 4.69. The van der Waals surface area contributed by atoms with Gasteiger partial charge >= 0.3 is 6.03 Å². The second-order valence-corrected chi connectivity index (χ2v) is 6.33. The van der Waals surface area contributed by atoms with Crippen molar-refractivity contribution >= 4 is 23.3 Å². The minimum atomic E-state index is -0.0200. The maximum atomic E-state index is 12.3. The molecule has 1 N–H and O–H groups in total. The normalized spacial score (nSPS) is 14.6. The zero-order chi connectivity index (χ0) is 16.9. The number of piperazine rings is 1. The summed E-state index contributed by atoms with van der Waals surface area (Å²) in [6, 6.07) is 9.90. The molecule has 1 aromatic heterocycles. The summed E-state index contributed by atoms with van der Waals surface area (Å²) in [4.78, 5) is 20.4. The van der Waals surface area contributed by atoms with Gasteiger partial charge in [-0.2, -0.15) is 0 Å². The van der Waals surface area contributed by atoms with Crippen LogP contribution in [-0.2, 0) is 6.54 Å². The molecule has 3 rings (SSSR count). The van der Waals surface area contributed by atoms with Gasteiger partial charge in [0.15, 0.2) is 0 Å². The van der Waals surface area contributed by atoms with E-state index in [4.69, 9.17) is 11.6 Å². The standard InChI is InChI=1S/C18H21ClN4O/c1-14-2-3-16(12-17(14)19)22-8-10-23(11-9-22)18(24)21-13-15-4-6-20-7-5-15/h2-7,12H,8-11,13H2,1H3,(H,21,24). The number of nitrogens with zero attached hydrogens (tertiary/aromatic N) is 3. The Kier molecular flexibility index (Phi) is 5.20. The maximum Gasteiger partial charge on any atom is 0.317 e. The number of urea groups is 1. The highest BCUT2D eigenvalue weighted by molar-refractivity contribution is 6.31. The number of nitrogens with one attached hydrogen (secondary N) is 1. The Bertz CT molecular complexity index is 699. The lowest BCUT2D eigenvalue weighted by molar-refractivity contribution is 0.194. The molecule has 0 unspecified atom stereocenters. The first kappa shape index (κ1) is 16.6. The van der Waals surface area contributed by atoms with Gasteiger partial charge in [-0.25, -0.2) is 4.79 Å². The third-order valence-electron chi connectivity index (χ3n) is 4.28. The van der Waals surface area contributed by atoms with Gasteiger partial charge in [0.25, 0.3) is 0 Å². The van der Waals surface area contributed by atoms with Gasteiger partial charge in [0.05, 0.1) is 0 Å². The molecule has 2 heterocycles. The van der Waals surface area contributed by atoms with E-state index in [1.165, 1.54) is 0 Å². The van der Waals surface area contributed by atoms with Crippen LogP contribution in [0.4, 0.5) is 10.5 Å². The Labute approximate surface area is 147 Å². The number of halogens is 1. The van der Waals surface area contributed by atoms with E-state index in [-0.39, 0.29) is 6.03 Å². The van der Waals surface area contributed by atoms with Crippen LogP contribution in [0.25, 0.3) is 0 Å². The molecule has 6 heteroatoms. The molecule has 1 fully saturated rings. The lowest BCUT2D eigenvalue weighted by atomic mass is 10.2. The maximum absolute atomic E-state index is 12.3. The molecule has 0 aliphatic carbocycles. The summed E-state index contributed by atoms with van der Waals surface area (Å²) in [5, 5.41) is 3.74. The van der Waals surface area contributed by atoms with Gasteiger partial charge in [-0.15, -0.1) is 0 Å². The van der Waals surface area contributed by atoms with E-state index in [2.05, 4.69) is 21.3 Å². The molecule has 2 aromatic rings. The van der Waals surface area contributed by atoms with Crippen molar-refractivity contribution in [1.82, 2.24) is 15.2 Å². The molecular formula is C18H21ClN4O. The highest BCUT2D eigenvalue weighted by Crippen LogP contribution is 2.24. The Morgan fingerprint density at radius 3 is 2.54 bits per heavy atom. The predicted molar refractivity (Wildman–Crippen MR) is 96.4 cm³/mol. The molecule has 5 nitrogen and oxygen atoms in total. The molecular weight excluding hydrogens is 324 g/mol. The SMILES string of the molecule is Cc1ccc(N2CCN(C(=O)NCc3ccncc3)CC2)cc1Cl. The van der Waals surface area contributed by atoms with Crippen LogP contribution in [0.15, 0.2) is 42.7 Å². The highest BCUT2D eigenvalue weighted by Gasteiger charge is 2.21. The van der Waals surface area contributed by atoms with Crippen molar-refractivity contribution in [2.24, 2.45) is 0 Å². The molecule has 0 saturated carbocycles. The van der Waals surface area contributed by atoms with Gasteiger partial charge in [-0.05, 0) is 42.3 Å². The Hall–Kier alpha value is -2.27. The smallest absolute Gasteiger partial charge is 0.317 e. The van der Waals surface area contributed by atoms with Crippen LogP contribution in [0.3, 0.4) is 0 Å². The van der Waals surface area contributed by atoms with Gasteiger partial charge in [-0.3, -0.25) is 4.98 Å². The monoisotopic (exact) mass is 344 g/mol. The fraction of sp³-hybridized carbons (Fsp3) is 0.333. The zero-order valence-corrected chi connectivity index (χ0v) is 14.5. The summed E-state index contributed by atoms with van der Waals surface area (Å²) in [7, 11) is 0. The first-order valence-corrected chi connectivity index (χ1v) is 8.44. The minimum Gasteiger partial charge on any atom is -0.368 e. The minimum absolute atomic E-state index is 0.0200. The summed E-state index contributed by atoms with van der Waals surface area (Å²) in [5.41, 5.74) is 3.24. The van der Waals surface area contributed by atoms with Crippen molar-refractivity contribution in [3.63, 3.8) is 0 Å². The van der Waals surface area contributed by atoms with Crippen molar-refractivity contribution < 1.29 is 4.79 Å². The molecule has 126 valence electrons. The number of aryl methyl sites for hydroxylation is 1. The van der Waals surface area contributed by atoms with Gasteiger partial charge in [0.2, 0.25) is 0 Å². The number of aromatic nitrogens is 1. The van der Waals surface area contributed by atoms with Crippen molar-refractivity contribution in [2.45, 2.75) is 13.5 Å².